The van der Waals surface area contributed by atoms with Gasteiger partial charge in [0.2, 0.25) is 0 Å². The number of benzene rings is 2. The van der Waals surface area contributed by atoms with E-state index in [1.807, 2.05) is 89.6 Å². The van der Waals surface area contributed by atoms with Crippen molar-refractivity contribution in [2.24, 2.45) is 0 Å². The third-order valence-corrected chi connectivity index (χ3v) is 6.46. The maximum absolute atomic E-state index is 13.4. The number of hydrogen-bond donors (Lipinski definition) is 1. The number of carbonyl (C=O) groups is 1. The normalized spacial score (nSPS) is 13.4. The number of carbonyl (C=O) groups excluding carboxylic acids is 1. The Morgan fingerprint density at radius 1 is 0.947 bits per heavy atom. The second kappa shape index (κ2) is 10.7. The smallest absolute Gasteiger partial charge is 0.326 e. The maximum atomic E-state index is 13.4. The van der Waals surface area contributed by atoms with Gasteiger partial charge >= 0.3 is 6.03 Å². The molecule has 9 nitrogen and oxygen atoms in total. The van der Waals surface area contributed by atoms with E-state index in [1.165, 1.54) is 0 Å². The minimum atomic E-state index is -0.241. The molecule has 3 aromatic heterocycles. The largest absolute Gasteiger partial charge is 0.378 e. The summed E-state index contributed by atoms with van der Waals surface area (Å²) in [5, 5.41) is 7.73. The number of urea groups is 1. The van der Waals surface area contributed by atoms with E-state index in [0.717, 1.165) is 41.2 Å². The van der Waals surface area contributed by atoms with Crippen molar-refractivity contribution >= 4 is 28.7 Å². The molecule has 1 N–H and O–H groups in total. The quantitative estimate of drug-likeness (QED) is 0.354. The zero-order chi connectivity index (χ0) is 25.7. The summed E-state index contributed by atoms with van der Waals surface area (Å²) >= 11 is 0. The van der Waals surface area contributed by atoms with Gasteiger partial charge in [-0.15, -0.1) is 5.10 Å². The summed E-state index contributed by atoms with van der Waals surface area (Å²) in [5.74, 6) is 1.52. The first-order valence-electron chi connectivity index (χ1n) is 12.6. The zero-order valence-electron chi connectivity index (χ0n) is 20.8. The number of fused-ring (bicyclic) bond motifs is 1. The van der Waals surface area contributed by atoms with Crippen LogP contribution in [0.5, 0.6) is 0 Å². The van der Waals surface area contributed by atoms with Crippen molar-refractivity contribution in [1.29, 1.82) is 0 Å². The Labute approximate surface area is 220 Å². The summed E-state index contributed by atoms with van der Waals surface area (Å²) in [6, 6.07) is 24.9. The average Bonchev–Trinajstić information content (AvgIpc) is 3.46. The fourth-order valence-electron chi connectivity index (χ4n) is 4.50. The molecule has 1 fully saturated rings. The number of aromatic nitrogens is 4. The Kier molecular flexibility index (Phi) is 6.65. The first-order chi connectivity index (χ1) is 18.7. The van der Waals surface area contributed by atoms with Crippen LogP contribution in [0, 0.1) is 0 Å². The van der Waals surface area contributed by atoms with Crippen LogP contribution in [0.15, 0.2) is 97.5 Å². The highest BCUT2D eigenvalue weighted by Gasteiger charge is 2.19. The van der Waals surface area contributed by atoms with E-state index in [9.17, 15) is 4.79 Å². The molecular formula is C29H27N7O2. The third kappa shape index (κ3) is 5.05. The number of ether oxygens (including phenoxy) is 1. The Morgan fingerprint density at radius 3 is 2.53 bits per heavy atom. The van der Waals surface area contributed by atoms with Crippen molar-refractivity contribution in [1.82, 2.24) is 19.6 Å². The van der Waals surface area contributed by atoms with Crippen LogP contribution in [0.1, 0.15) is 5.56 Å². The van der Waals surface area contributed by atoms with E-state index in [0.29, 0.717) is 31.3 Å². The summed E-state index contributed by atoms with van der Waals surface area (Å²) < 4.78 is 7.38. The van der Waals surface area contributed by atoms with E-state index in [1.54, 1.807) is 17.3 Å². The van der Waals surface area contributed by atoms with Crippen LogP contribution >= 0.6 is 0 Å². The molecule has 0 radical (unpaired) electrons. The number of amides is 2. The van der Waals surface area contributed by atoms with E-state index >= 15 is 0 Å². The van der Waals surface area contributed by atoms with Crippen LogP contribution < -0.4 is 15.1 Å². The molecular weight excluding hydrogens is 478 g/mol. The average molecular weight is 506 g/mol. The van der Waals surface area contributed by atoms with Crippen LogP contribution in [0.25, 0.3) is 16.9 Å². The topological polar surface area (TPSA) is 87.9 Å². The fourth-order valence-corrected chi connectivity index (χ4v) is 4.50. The minimum absolute atomic E-state index is 0.241. The van der Waals surface area contributed by atoms with Crippen LogP contribution in [-0.4, -0.2) is 51.9 Å². The number of morpholine rings is 1. The molecule has 9 heteroatoms. The number of hydrogen-bond acceptors (Lipinski definition) is 6. The van der Waals surface area contributed by atoms with Crippen molar-refractivity contribution < 1.29 is 9.53 Å². The van der Waals surface area contributed by atoms with Crippen molar-refractivity contribution in [2.75, 3.05) is 41.4 Å². The molecule has 2 amide bonds. The molecule has 1 saturated heterocycles. The van der Waals surface area contributed by atoms with Crippen molar-refractivity contribution in [3.05, 3.63) is 103 Å². The molecule has 0 aliphatic carbocycles. The molecule has 5 aromatic rings. The molecule has 0 atom stereocenters. The monoisotopic (exact) mass is 505 g/mol. The summed E-state index contributed by atoms with van der Waals surface area (Å²) in [4.78, 5) is 26.4. The molecule has 1 aliphatic rings. The summed E-state index contributed by atoms with van der Waals surface area (Å²) in [6.45, 7) is 3.37. The molecule has 38 heavy (non-hydrogen) atoms. The van der Waals surface area contributed by atoms with Crippen LogP contribution in [0.3, 0.4) is 0 Å². The first-order valence-corrected chi connectivity index (χ1v) is 12.6. The molecule has 6 rings (SSSR count). The Balaban J connectivity index is 1.24. The molecule has 0 saturated carbocycles. The SMILES string of the molecule is O=C(Nc1ccc(-c2nc(N3CCOCC3)c3cccn3n2)cc1)N(Cc1ccccc1)c1cccnc1. The minimum Gasteiger partial charge on any atom is -0.378 e. The molecule has 190 valence electrons. The number of rotatable bonds is 6. The molecule has 1 aliphatic heterocycles. The molecule has 0 unspecified atom stereocenters. The first kappa shape index (κ1) is 23.6. The molecule has 4 heterocycles. The number of pyridine rings is 1. The summed E-state index contributed by atoms with van der Waals surface area (Å²) in [6.07, 6.45) is 5.31. The van der Waals surface area contributed by atoms with Crippen LogP contribution in [0.4, 0.5) is 22.0 Å². The molecule has 0 bridgehead atoms. The molecule has 0 spiro atoms. The highest BCUT2D eigenvalue weighted by molar-refractivity contribution is 6.01. The van der Waals surface area contributed by atoms with Gasteiger partial charge in [-0.25, -0.2) is 14.3 Å². The lowest BCUT2D eigenvalue weighted by Crippen LogP contribution is -2.37. The van der Waals surface area contributed by atoms with Gasteiger partial charge in [0, 0.05) is 36.7 Å². The highest BCUT2D eigenvalue weighted by Crippen LogP contribution is 2.26. The van der Waals surface area contributed by atoms with Gasteiger partial charge < -0.3 is 15.0 Å². The lowest BCUT2D eigenvalue weighted by Gasteiger charge is -2.28. The van der Waals surface area contributed by atoms with E-state index in [-0.39, 0.29) is 6.03 Å². The maximum Gasteiger partial charge on any atom is 0.326 e. The van der Waals surface area contributed by atoms with Crippen molar-refractivity contribution in [2.45, 2.75) is 6.54 Å². The summed E-state index contributed by atoms with van der Waals surface area (Å²) in [7, 11) is 0. The van der Waals surface area contributed by atoms with Gasteiger partial charge in [-0.1, -0.05) is 30.3 Å². The van der Waals surface area contributed by atoms with Gasteiger partial charge in [0.05, 0.1) is 31.6 Å². The van der Waals surface area contributed by atoms with Gasteiger partial charge in [-0.2, -0.15) is 0 Å². The van der Waals surface area contributed by atoms with Gasteiger partial charge in [0.25, 0.3) is 0 Å². The highest BCUT2D eigenvalue weighted by atomic mass is 16.5. The van der Waals surface area contributed by atoms with Crippen LogP contribution in [0.2, 0.25) is 0 Å². The van der Waals surface area contributed by atoms with Gasteiger partial charge in [-0.3, -0.25) is 9.88 Å². The van der Waals surface area contributed by atoms with E-state index in [2.05, 4.69) is 15.2 Å². The summed E-state index contributed by atoms with van der Waals surface area (Å²) in [5.41, 5.74) is 4.25. The van der Waals surface area contributed by atoms with Gasteiger partial charge in [-0.05, 0) is 54.1 Å². The lowest BCUT2D eigenvalue weighted by atomic mass is 10.2. The second-order valence-electron chi connectivity index (χ2n) is 8.99. The Bertz CT molecular complexity index is 1520. The van der Waals surface area contributed by atoms with Crippen molar-refractivity contribution in [3.8, 4) is 11.4 Å². The molecule has 2 aromatic carbocycles. The zero-order valence-corrected chi connectivity index (χ0v) is 20.8. The predicted molar refractivity (Wildman–Crippen MR) is 147 cm³/mol. The lowest BCUT2D eigenvalue weighted by molar-refractivity contribution is 0.122. The number of nitrogens with one attached hydrogen (secondary N) is 1. The van der Waals surface area contributed by atoms with Crippen molar-refractivity contribution in [3.63, 3.8) is 0 Å². The Hall–Kier alpha value is -4.76. The van der Waals surface area contributed by atoms with E-state index in [4.69, 9.17) is 14.8 Å². The van der Waals surface area contributed by atoms with Gasteiger partial charge in [0.1, 0.15) is 5.52 Å². The number of anilines is 3. The second-order valence-corrected chi connectivity index (χ2v) is 8.99. The van der Waals surface area contributed by atoms with E-state index < -0.39 is 0 Å². The predicted octanol–water partition coefficient (Wildman–Crippen LogP) is 4.87. The standard InChI is InChI=1S/C29H27N7O2/c37-29(35(25-8-4-14-30-20-25)21-22-6-2-1-3-7-22)31-24-12-10-23(11-13-24)27-32-28(34-16-18-38-19-17-34)26-9-5-15-36(26)33-27/h1-15,20H,16-19,21H2,(H,31,37). The Morgan fingerprint density at radius 2 is 1.76 bits per heavy atom. The third-order valence-electron chi connectivity index (χ3n) is 6.46. The van der Waals surface area contributed by atoms with Gasteiger partial charge in [0.15, 0.2) is 11.6 Å². The number of nitrogens with zero attached hydrogens (tertiary/aromatic N) is 6. The fraction of sp³-hybridized carbons (Fsp3) is 0.172. The van der Waals surface area contributed by atoms with Crippen LogP contribution in [-0.2, 0) is 11.3 Å².